The largest absolute Gasteiger partial charge is 0.351 e. The van der Waals surface area contributed by atoms with Crippen molar-refractivity contribution in [3.8, 4) is 0 Å². The molecule has 0 aliphatic rings. The fraction of sp³-hybridized carbons (Fsp3) is 0.417. The lowest BCUT2D eigenvalue weighted by Crippen LogP contribution is -2.33. The Morgan fingerprint density at radius 3 is 2.53 bits per heavy atom. The summed E-state index contributed by atoms with van der Waals surface area (Å²) in [5, 5.41) is 2.49. The number of halogens is 1. The van der Waals surface area contributed by atoms with E-state index in [0.717, 1.165) is 4.31 Å². The van der Waals surface area contributed by atoms with Gasteiger partial charge in [0.25, 0.3) is 5.91 Å². The van der Waals surface area contributed by atoms with Crippen molar-refractivity contribution < 1.29 is 17.6 Å². The van der Waals surface area contributed by atoms with Gasteiger partial charge in [-0.1, -0.05) is 0 Å². The molecule has 5 nitrogen and oxygen atoms in total. The molecule has 0 saturated heterocycles. The minimum Gasteiger partial charge on any atom is -0.351 e. The van der Waals surface area contributed by atoms with Gasteiger partial charge in [-0.15, -0.1) is 0 Å². The molecule has 1 amide bonds. The summed E-state index contributed by atoms with van der Waals surface area (Å²) >= 11 is 0. The molecule has 0 bridgehead atoms. The van der Waals surface area contributed by atoms with Crippen LogP contribution in [0, 0.1) is 12.7 Å². The van der Waals surface area contributed by atoms with Crippen molar-refractivity contribution in [2.75, 3.05) is 26.4 Å². The molecular weight excluding hydrogens is 271 g/mol. The van der Waals surface area contributed by atoms with E-state index in [1.54, 1.807) is 6.92 Å². The summed E-state index contributed by atoms with van der Waals surface area (Å²) in [6.07, 6.45) is 0. The van der Waals surface area contributed by atoms with Crippen LogP contribution in [0.1, 0.15) is 15.9 Å². The van der Waals surface area contributed by atoms with E-state index in [0.29, 0.717) is 11.1 Å². The zero-order valence-corrected chi connectivity index (χ0v) is 11.9. The maximum Gasteiger partial charge on any atom is 0.251 e. The third-order valence-corrected chi connectivity index (χ3v) is 4.45. The van der Waals surface area contributed by atoms with Gasteiger partial charge in [-0.2, -0.15) is 0 Å². The van der Waals surface area contributed by atoms with E-state index in [9.17, 15) is 17.6 Å². The lowest BCUT2D eigenvalue weighted by Gasteiger charge is -2.11. The van der Waals surface area contributed by atoms with Crippen molar-refractivity contribution in [1.29, 1.82) is 0 Å². The van der Waals surface area contributed by atoms with Crippen molar-refractivity contribution >= 4 is 15.9 Å². The number of benzene rings is 1. The third-order valence-electron chi connectivity index (χ3n) is 2.62. The predicted octanol–water partition coefficient (Wildman–Crippen LogP) is 0.755. The second-order valence-electron chi connectivity index (χ2n) is 4.32. The average molecular weight is 288 g/mol. The lowest BCUT2D eigenvalue weighted by molar-refractivity contribution is 0.0956. The number of nitrogens with one attached hydrogen (secondary N) is 1. The van der Waals surface area contributed by atoms with Gasteiger partial charge in [0.1, 0.15) is 5.82 Å². The summed E-state index contributed by atoms with van der Waals surface area (Å²) in [5.74, 6) is -0.977. The molecule has 1 rings (SSSR count). The fourth-order valence-corrected chi connectivity index (χ4v) is 2.09. The molecule has 1 aromatic rings. The molecule has 0 aromatic heterocycles. The van der Waals surface area contributed by atoms with Crippen molar-refractivity contribution in [2.24, 2.45) is 0 Å². The highest BCUT2D eigenvalue weighted by atomic mass is 32.2. The van der Waals surface area contributed by atoms with E-state index < -0.39 is 15.9 Å². The van der Waals surface area contributed by atoms with Crippen LogP contribution in [0.5, 0.6) is 0 Å². The Morgan fingerprint density at radius 2 is 2.00 bits per heavy atom. The first kappa shape index (κ1) is 15.6. The van der Waals surface area contributed by atoms with Crippen LogP contribution in [-0.4, -0.2) is 45.0 Å². The summed E-state index contributed by atoms with van der Waals surface area (Å²) in [7, 11) is -0.470. The highest BCUT2D eigenvalue weighted by Gasteiger charge is 2.14. The van der Waals surface area contributed by atoms with Crippen LogP contribution in [0.15, 0.2) is 18.2 Å². The van der Waals surface area contributed by atoms with Crippen LogP contribution in [0.3, 0.4) is 0 Å². The van der Waals surface area contributed by atoms with Gasteiger partial charge in [0.15, 0.2) is 0 Å². The number of hydrogen-bond donors (Lipinski definition) is 1. The molecule has 0 radical (unpaired) electrons. The van der Waals surface area contributed by atoms with E-state index in [1.807, 2.05) is 0 Å². The zero-order chi connectivity index (χ0) is 14.6. The van der Waals surface area contributed by atoms with Gasteiger partial charge in [-0.05, 0) is 30.7 Å². The standard InChI is InChI=1S/C12H17FN2O3S/c1-9-8-10(4-5-11(9)13)12(16)14-6-7-19(17,18)15(2)3/h4-5,8H,6-7H2,1-3H3,(H,14,16). The van der Waals surface area contributed by atoms with E-state index in [-0.39, 0.29) is 18.1 Å². The quantitative estimate of drug-likeness (QED) is 0.869. The molecule has 0 aliphatic carbocycles. The van der Waals surface area contributed by atoms with Gasteiger partial charge < -0.3 is 5.32 Å². The normalized spacial score (nSPS) is 11.6. The number of sulfonamides is 1. The number of aryl methyl sites for hydroxylation is 1. The first-order valence-electron chi connectivity index (χ1n) is 5.68. The van der Waals surface area contributed by atoms with Gasteiger partial charge in [-0.25, -0.2) is 17.1 Å². The summed E-state index contributed by atoms with van der Waals surface area (Å²) in [4.78, 5) is 11.7. The number of nitrogens with zero attached hydrogens (tertiary/aromatic N) is 1. The van der Waals surface area contributed by atoms with E-state index in [2.05, 4.69) is 5.32 Å². The summed E-state index contributed by atoms with van der Waals surface area (Å²) in [6.45, 7) is 1.57. The smallest absolute Gasteiger partial charge is 0.251 e. The Labute approximate surface area is 112 Å². The fourth-order valence-electron chi connectivity index (χ4n) is 1.36. The van der Waals surface area contributed by atoms with Gasteiger partial charge in [0.2, 0.25) is 10.0 Å². The molecule has 0 fully saturated rings. The molecule has 0 saturated carbocycles. The van der Waals surface area contributed by atoms with Crippen molar-refractivity contribution in [3.05, 3.63) is 35.1 Å². The molecule has 0 unspecified atom stereocenters. The zero-order valence-electron chi connectivity index (χ0n) is 11.1. The van der Waals surface area contributed by atoms with Crippen molar-refractivity contribution in [2.45, 2.75) is 6.92 Å². The van der Waals surface area contributed by atoms with Gasteiger partial charge in [0, 0.05) is 26.2 Å². The number of carbonyl (C=O) groups excluding carboxylic acids is 1. The maximum atomic E-state index is 13.0. The first-order chi connectivity index (χ1) is 8.74. The monoisotopic (exact) mass is 288 g/mol. The van der Waals surface area contributed by atoms with Crippen molar-refractivity contribution in [1.82, 2.24) is 9.62 Å². The van der Waals surface area contributed by atoms with Crippen LogP contribution < -0.4 is 5.32 Å². The van der Waals surface area contributed by atoms with Crippen LogP contribution in [0.2, 0.25) is 0 Å². The maximum absolute atomic E-state index is 13.0. The SMILES string of the molecule is Cc1cc(C(=O)NCCS(=O)(=O)N(C)C)ccc1F. The average Bonchev–Trinajstić information content (AvgIpc) is 2.32. The van der Waals surface area contributed by atoms with Gasteiger partial charge >= 0.3 is 0 Å². The van der Waals surface area contributed by atoms with Gasteiger partial charge in [-0.3, -0.25) is 4.79 Å². The number of hydrogen-bond acceptors (Lipinski definition) is 3. The summed E-state index contributed by atoms with van der Waals surface area (Å²) in [5.41, 5.74) is 0.676. The van der Waals surface area contributed by atoms with Crippen LogP contribution >= 0.6 is 0 Å². The minimum atomic E-state index is -3.33. The van der Waals surface area contributed by atoms with Gasteiger partial charge in [0.05, 0.1) is 5.75 Å². The molecular formula is C12H17FN2O3S. The molecule has 106 valence electrons. The number of rotatable bonds is 5. The molecule has 19 heavy (non-hydrogen) atoms. The van der Waals surface area contributed by atoms with E-state index in [1.165, 1.54) is 32.3 Å². The van der Waals surface area contributed by atoms with Crippen LogP contribution in [0.4, 0.5) is 4.39 Å². The van der Waals surface area contributed by atoms with E-state index in [4.69, 9.17) is 0 Å². The van der Waals surface area contributed by atoms with Crippen LogP contribution in [0.25, 0.3) is 0 Å². The first-order valence-corrected chi connectivity index (χ1v) is 7.29. The molecule has 1 N–H and O–H groups in total. The number of carbonyl (C=O) groups is 1. The molecule has 0 heterocycles. The molecule has 0 aliphatic heterocycles. The Kier molecular flexibility index (Phi) is 5.02. The third kappa shape index (κ3) is 4.29. The summed E-state index contributed by atoms with van der Waals surface area (Å²) in [6, 6.07) is 3.99. The Hall–Kier alpha value is -1.47. The molecule has 1 aromatic carbocycles. The Balaban J connectivity index is 2.59. The second-order valence-corrected chi connectivity index (χ2v) is 6.62. The predicted molar refractivity (Wildman–Crippen MR) is 70.9 cm³/mol. The number of amides is 1. The molecule has 0 spiro atoms. The highest BCUT2D eigenvalue weighted by Crippen LogP contribution is 2.09. The van der Waals surface area contributed by atoms with Crippen molar-refractivity contribution in [3.63, 3.8) is 0 Å². The van der Waals surface area contributed by atoms with E-state index >= 15 is 0 Å². The molecule has 0 atom stereocenters. The minimum absolute atomic E-state index is 0.00969. The van der Waals surface area contributed by atoms with Crippen LogP contribution in [-0.2, 0) is 10.0 Å². The highest BCUT2D eigenvalue weighted by molar-refractivity contribution is 7.89. The second kappa shape index (κ2) is 6.12. The topological polar surface area (TPSA) is 66.5 Å². The Morgan fingerprint density at radius 1 is 1.37 bits per heavy atom. The summed E-state index contributed by atoms with van der Waals surface area (Å²) < 4.78 is 37.1. The molecule has 7 heteroatoms. The lowest BCUT2D eigenvalue weighted by atomic mass is 10.1. The Bertz CT molecular complexity index is 570.